The van der Waals surface area contributed by atoms with E-state index in [2.05, 4.69) is 14.5 Å². The van der Waals surface area contributed by atoms with E-state index in [9.17, 15) is 31.5 Å². The zero-order valence-electron chi connectivity index (χ0n) is 8.40. The van der Waals surface area contributed by atoms with Gasteiger partial charge in [0.2, 0.25) is 0 Å². The first kappa shape index (κ1) is 18.9. The van der Waals surface area contributed by atoms with E-state index in [4.69, 9.17) is 10.0 Å². The van der Waals surface area contributed by atoms with Crippen molar-refractivity contribution in [3.05, 3.63) is 0 Å². The number of hydrogen-bond donors (Lipinski definition) is 2. The molecule has 0 saturated carbocycles. The zero-order valence-corrected chi connectivity index (χ0v) is 8.40. The molecule has 0 rings (SSSR count). The van der Waals surface area contributed by atoms with Gasteiger partial charge in [0.25, 0.3) is 0 Å². The van der Waals surface area contributed by atoms with E-state index in [0.717, 1.165) is 7.11 Å². The lowest BCUT2D eigenvalue weighted by Crippen LogP contribution is -2.42. The predicted octanol–water partition coefficient (Wildman–Crippen LogP) is -0.706. The molecule has 13 heteroatoms. The summed E-state index contributed by atoms with van der Waals surface area (Å²) < 4.78 is 60.8. The molecule has 18 heavy (non-hydrogen) atoms. The van der Waals surface area contributed by atoms with Gasteiger partial charge in [-0.3, -0.25) is 4.89 Å². The zero-order chi connectivity index (χ0) is 15.0. The van der Waals surface area contributed by atoms with Gasteiger partial charge in [-0.1, -0.05) is 0 Å². The van der Waals surface area contributed by atoms with Gasteiger partial charge in [0.1, 0.15) is 0 Å². The predicted molar refractivity (Wildman–Crippen MR) is 40.4 cm³/mol. The summed E-state index contributed by atoms with van der Waals surface area (Å²) in [5.74, 6) is -4.67. The summed E-state index contributed by atoms with van der Waals surface area (Å²) in [6.45, 7) is 0. The Morgan fingerprint density at radius 2 is 1.44 bits per heavy atom. The van der Waals surface area contributed by atoms with Crippen molar-refractivity contribution >= 4 is 19.6 Å². The van der Waals surface area contributed by atoms with Crippen molar-refractivity contribution in [2.45, 2.75) is 12.3 Å². The van der Waals surface area contributed by atoms with Gasteiger partial charge in [0.15, 0.2) is 0 Å². The Bertz CT molecular complexity index is 280. The Balaban J connectivity index is 0. The van der Waals surface area contributed by atoms with Gasteiger partial charge in [-0.15, -0.1) is 0 Å². The lowest BCUT2D eigenvalue weighted by Gasteiger charge is -2.17. The van der Waals surface area contributed by atoms with Crippen molar-refractivity contribution in [1.82, 2.24) is 0 Å². The number of alkyl halides is 5. The highest BCUT2D eigenvalue weighted by Gasteiger charge is 2.62. The van der Waals surface area contributed by atoms with E-state index in [1.165, 1.54) is 0 Å². The second-order valence-electron chi connectivity index (χ2n) is 2.06. The number of halogens is 5. The molecule has 0 aromatic carbocycles. The van der Waals surface area contributed by atoms with E-state index in [1.807, 2.05) is 0 Å². The Hall–Kier alpha value is -1.47. The Labute approximate surface area is 96.3 Å². The number of ether oxygens (including phenoxy) is 1. The molecule has 0 aliphatic carbocycles. The number of carbonyl (C=O) groups excluding carboxylic acids is 2. The highest BCUT2D eigenvalue weighted by atomic mass is 19.4. The lowest BCUT2D eigenvalue weighted by atomic mass is 10.5. The van der Waals surface area contributed by atoms with Gasteiger partial charge in [-0.25, -0.2) is 9.59 Å². The summed E-state index contributed by atoms with van der Waals surface area (Å²) in [4.78, 5) is 27.4. The molecule has 0 heterocycles. The van der Waals surface area contributed by atoms with Crippen LogP contribution in [0.1, 0.15) is 0 Å². The van der Waals surface area contributed by atoms with Crippen molar-refractivity contribution in [2.75, 3.05) is 7.11 Å². The highest BCUT2D eigenvalue weighted by molar-refractivity contribution is 6.29. The molecule has 1 radical (unpaired) electrons. The van der Waals surface area contributed by atoms with E-state index >= 15 is 0 Å². The highest BCUT2D eigenvalue weighted by Crippen LogP contribution is 2.36. The van der Waals surface area contributed by atoms with Crippen LogP contribution in [-0.2, 0) is 24.1 Å². The van der Waals surface area contributed by atoms with Crippen LogP contribution in [-0.4, -0.2) is 49.1 Å². The maximum atomic E-state index is 12.0. The summed E-state index contributed by atoms with van der Waals surface area (Å²) >= 11 is 0. The third kappa shape index (κ3) is 6.98. The van der Waals surface area contributed by atoms with Crippen molar-refractivity contribution in [3.63, 3.8) is 0 Å². The molecule has 0 aliphatic heterocycles. The van der Waals surface area contributed by atoms with Crippen LogP contribution in [0.15, 0.2) is 0 Å². The first-order valence-corrected chi connectivity index (χ1v) is 3.56. The van der Waals surface area contributed by atoms with Crippen LogP contribution in [0.25, 0.3) is 0 Å². The van der Waals surface area contributed by atoms with Crippen molar-refractivity contribution in [1.29, 1.82) is 0 Å². The first-order chi connectivity index (χ1) is 8.03. The Morgan fingerprint density at radius 1 is 1.06 bits per heavy atom. The molecular weight excluding hydrogens is 278 g/mol. The second-order valence-corrected chi connectivity index (χ2v) is 2.06. The first-order valence-electron chi connectivity index (χ1n) is 3.56. The maximum Gasteiger partial charge on any atom is 0.501 e. The van der Waals surface area contributed by atoms with E-state index < -0.39 is 24.2 Å². The van der Waals surface area contributed by atoms with Crippen LogP contribution in [0.4, 0.5) is 22.0 Å². The fourth-order valence-corrected chi connectivity index (χ4v) is 0.326. The van der Waals surface area contributed by atoms with Gasteiger partial charge in [0.05, 0.1) is 7.11 Å². The number of rotatable bonds is 2. The topological polar surface area (TPSA) is 102 Å². The monoisotopic (exact) mass is 283 g/mol. The van der Waals surface area contributed by atoms with Gasteiger partial charge in [-0.2, -0.15) is 26.8 Å². The fraction of sp³-hybridized carbons (Fsp3) is 0.600. The Kier molecular flexibility index (Phi) is 8.17. The molecule has 0 spiro atoms. The third-order valence-electron chi connectivity index (χ3n) is 0.877. The van der Waals surface area contributed by atoms with Crippen molar-refractivity contribution < 1.29 is 56.1 Å². The number of esters is 1. The molecule has 0 bridgehead atoms. The van der Waals surface area contributed by atoms with Crippen LogP contribution in [0, 0.1) is 0 Å². The summed E-state index contributed by atoms with van der Waals surface area (Å²) in [6, 6.07) is 0. The molecule has 0 amide bonds. The minimum atomic E-state index is -6.12. The smallest absolute Gasteiger partial charge is 0.429 e. The van der Waals surface area contributed by atoms with Gasteiger partial charge >= 0.3 is 31.9 Å². The van der Waals surface area contributed by atoms with E-state index in [0.29, 0.717) is 0 Å². The third-order valence-corrected chi connectivity index (χ3v) is 0.877. The minimum absolute atomic E-state index is 0. The number of carbonyl (C=O) groups is 2. The average molecular weight is 283 g/mol. The largest absolute Gasteiger partial charge is 0.501 e. The maximum absolute atomic E-state index is 12.0. The van der Waals surface area contributed by atoms with E-state index in [-0.39, 0.29) is 7.69 Å². The van der Waals surface area contributed by atoms with Crippen LogP contribution in [0.5, 0.6) is 0 Å². The summed E-state index contributed by atoms with van der Waals surface area (Å²) in [7, 11) is 0.729. The molecule has 2 N–H and O–H groups in total. The molecule has 0 atom stereocenters. The lowest BCUT2D eigenvalue weighted by molar-refractivity contribution is -0.376. The van der Waals surface area contributed by atoms with Crippen molar-refractivity contribution in [2.24, 2.45) is 0 Å². The van der Waals surface area contributed by atoms with Crippen LogP contribution < -0.4 is 0 Å². The summed E-state index contributed by atoms with van der Waals surface area (Å²) in [6.07, 6.45) is -11.9. The Morgan fingerprint density at radius 3 is 1.72 bits per heavy atom. The van der Waals surface area contributed by atoms with Gasteiger partial charge in [-0.05, 0) is 0 Å². The normalized spacial score (nSPS) is 10.9. The minimum Gasteiger partial charge on any atom is -0.429 e. The molecule has 0 fully saturated rings. The molecule has 105 valence electrons. The molecular formula is C5H5BF5O7. The average Bonchev–Trinajstić information content (AvgIpc) is 2.16. The molecule has 0 unspecified atom stereocenters. The fourth-order valence-electron chi connectivity index (χ4n) is 0.326. The molecule has 0 aliphatic rings. The molecule has 0 aromatic heterocycles. The SMILES string of the molecule is COOC(=O)C(=O)OC(F)(F)C(F)(F)F.O[B]O. The van der Waals surface area contributed by atoms with Crippen LogP contribution in [0.2, 0.25) is 0 Å². The summed E-state index contributed by atoms with van der Waals surface area (Å²) in [5, 5.41) is 14.0. The van der Waals surface area contributed by atoms with E-state index in [1.54, 1.807) is 0 Å². The number of hydrogen-bond acceptors (Lipinski definition) is 7. The standard InChI is InChI=1S/C5H3F5O5.BH2O2/c1-13-15-3(12)2(11)14-5(9,10)4(6,7)8;2-1-3/h1H3;2-3H. The molecule has 0 saturated heterocycles. The second kappa shape index (κ2) is 7.78. The van der Waals surface area contributed by atoms with Gasteiger partial charge < -0.3 is 14.8 Å². The van der Waals surface area contributed by atoms with Gasteiger partial charge in [0, 0.05) is 0 Å². The molecule has 0 aromatic rings. The summed E-state index contributed by atoms with van der Waals surface area (Å²) in [5.41, 5.74) is 0. The van der Waals surface area contributed by atoms with Crippen LogP contribution >= 0.6 is 0 Å². The van der Waals surface area contributed by atoms with Crippen molar-refractivity contribution in [3.8, 4) is 0 Å². The molecule has 7 nitrogen and oxygen atoms in total. The van der Waals surface area contributed by atoms with Crippen LogP contribution in [0.3, 0.4) is 0 Å². The quantitative estimate of drug-likeness (QED) is 0.172.